The quantitative estimate of drug-likeness (QED) is 0.0927. The molecule has 0 spiro atoms. The first-order valence-electron chi connectivity index (χ1n) is 48.3. The number of hydrogen-bond acceptors (Lipinski definition) is 9. The summed E-state index contributed by atoms with van der Waals surface area (Å²) in [6.07, 6.45) is 0. The van der Waals surface area contributed by atoms with Crippen molar-refractivity contribution in [2.24, 2.45) is 0 Å². The van der Waals surface area contributed by atoms with Gasteiger partial charge in [-0.2, -0.15) is 9.97 Å². The van der Waals surface area contributed by atoms with Gasteiger partial charge < -0.3 is 17.8 Å². The highest BCUT2D eigenvalue weighted by atomic mass is 16.3. The second-order valence-electron chi connectivity index (χ2n) is 35.9. The van der Waals surface area contributed by atoms with Gasteiger partial charge in [0.25, 0.3) is 0 Å². The molecule has 0 atom stereocenters. The Morgan fingerprint density at radius 3 is 0.861 bits per heavy atom. The summed E-state index contributed by atoms with van der Waals surface area (Å²) in [5.41, 5.74) is 31.2. The maximum absolute atomic E-state index is 6.64. The fourth-order valence-electron chi connectivity index (χ4n) is 20.1. The topological polar surface area (TPSA) is 132 Å². The molecule has 19 aromatic carbocycles. The van der Waals surface area contributed by atoms with Crippen LogP contribution in [0, 0.1) is 0 Å². The van der Waals surface area contributed by atoms with Gasteiger partial charge in [-0.25, -0.2) is 19.9 Å². The molecule has 0 saturated carbocycles. The van der Waals surface area contributed by atoms with Crippen molar-refractivity contribution in [3.63, 3.8) is 0 Å². The van der Waals surface area contributed by atoms with Crippen LogP contribution < -0.4 is 0 Å². The van der Waals surface area contributed by atoms with E-state index < -0.39 is 0 Å². The number of rotatable bonds is 16. The van der Waals surface area contributed by atoms with Crippen molar-refractivity contribution in [1.82, 2.24) is 43.6 Å². The summed E-state index contributed by atoms with van der Waals surface area (Å²) in [7, 11) is 0. The van der Waals surface area contributed by atoms with Gasteiger partial charge in [0, 0.05) is 94.1 Å². The van der Waals surface area contributed by atoms with Crippen molar-refractivity contribution in [3.05, 3.63) is 516 Å². The lowest BCUT2D eigenvalue weighted by molar-refractivity contribution is 0.635. The third kappa shape index (κ3) is 16.0. The van der Waals surface area contributed by atoms with Gasteiger partial charge in [0.2, 0.25) is 5.95 Å². The van der Waals surface area contributed by atoms with E-state index in [1.165, 1.54) is 27.8 Å². The van der Waals surface area contributed by atoms with Crippen molar-refractivity contribution >= 4 is 98.3 Å². The Morgan fingerprint density at radius 1 is 0.160 bits per heavy atom. The first-order chi connectivity index (χ1) is 71.4. The summed E-state index contributed by atoms with van der Waals surface area (Å²) in [6.45, 7) is 0. The van der Waals surface area contributed by atoms with Gasteiger partial charge in [-0.05, 0) is 142 Å². The maximum Gasteiger partial charge on any atom is 0.238 e. The molecule has 0 unspecified atom stereocenters. The first-order valence-corrected chi connectivity index (χ1v) is 48.3. The fraction of sp³-hybridized carbons (Fsp3) is 0. The van der Waals surface area contributed by atoms with Gasteiger partial charge in [0.15, 0.2) is 17.5 Å². The highest BCUT2D eigenvalue weighted by molar-refractivity contribution is 6.23. The number of para-hydroxylation sites is 3. The molecule has 28 rings (SSSR count). The Bertz CT molecular complexity index is 9270. The molecule has 9 aromatic heterocycles. The SMILES string of the molecule is c1ccc(-c2ccc(-c3cc(-c4ccccc4)nc(-c4cccc(-n5c6ccccc6c6c7oc(-c8ccccc8)cc7ccc65)c4)c3)cc2)cc1.c1ccc(-c2ccc(-c3cc(-n4c5ccccc5c5c6oc(-c7ccccc7)cc6ccc54)nc(-c4ccccc4)n3)cc2)cc1.c1ccc(-c2ccc(-c3nc(-c4ccccc4)nc(-n4c5ccccc5c5c6oc(-c7ccccc7)cc6ccc54)n3)cc2)cc1. The van der Waals surface area contributed by atoms with E-state index in [2.05, 4.69) is 408 Å². The second kappa shape index (κ2) is 36.7. The smallest absolute Gasteiger partial charge is 0.238 e. The summed E-state index contributed by atoms with van der Waals surface area (Å²) >= 11 is 0. The summed E-state index contributed by atoms with van der Waals surface area (Å²) in [5.74, 6) is 5.83. The number of benzene rings is 19. The number of hydrogen-bond donors (Lipinski definition) is 0. The van der Waals surface area contributed by atoms with Crippen LogP contribution in [0.15, 0.2) is 529 Å². The molecule has 0 saturated heterocycles. The molecular weight excluding hydrogens is 1760 g/mol. The number of furan rings is 3. The van der Waals surface area contributed by atoms with Crippen molar-refractivity contribution in [2.75, 3.05) is 0 Å². The molecule has 28 aromatic rings. The fourth-order valence-corrected chi connectivity index (χ4v) is 20.1. The van der Waals surface area contributed by atoms with Crippen LogP contribution >= 0.6 is 0 Å². The van der Waals surface area contributed by atoms with Crippen LogP contribution in [0.5, 0.6) is 0 Å². The Balaban J connectivity index is 0.000000110. The lowest BCUT2D eigenvalue weighted by Gasteiger charge is -2.13. The molecular formula is C132H85N9O3. The maximum atomic E-state index is 6.64. The lowest BCUT2D eigenvalue weighted by Crippen LogP contribution is -2.06. The second-order valence-corrected chi connectivity index (χ2v) is 35.9. The molecule has 12 heteroatoms. The van der Waals surface area contributed by atoms with Crippen LogP contribution in [-0.4, -0.2) is 43.6 Å². The number of nitrogens with zero attached hydrogens (tertiary/aromatic N) is 9. The molecule has 0 fully saturated rings. The molecule has 0 aliphatic rings. The predicted octanol–water partition coefficient (Wildman–Crippen LogP) is 34.6. The van der Waals surface area contributed by atoms with Crippen molar-refractivity contribution in [1.29, 1.82) is 0 Å². The van der Waals surface area contributed by atoms with Crippen molar-refractivity contribution in [3.8, 4) is 164 Å². The Kier molecular flexibility index (Phi) is 21.7. The van der Waals surface area contributed by atoms with E-state index in [4.69, 9.17) is 43.2 Å². The number of aromatic nitrogens is 9. The Hall–Kier alpha value is -19.6. The van der Waals surface area contributed by atoms with E-state index in [0.29, 0.717) is 23.4 Å². The lowest BCUT2D eigenvalue weighted by atomic mass is 9.97. The Labute approximate surface area is 829 Å². The van der Waals surface area contributed by atoms with Crippen LogP contribution in [0.2, 0.25) is 0 Å². The van der Waals surface area contributed by atoms with Crippen molar-refractivity contribution in [2.45, 2.75) is 0 Å². The van der Waals surface area contributed by atoms with Crippen LogP contribution in [0.25, 0.3) is 262 Å². The van der Waals surface area contributed by atoms with E-state index in [9.17, 15) is 0 Å². The van der Waals surface area contributed by atoms with E-state index in [1.54, 1.807) is 0 Å². The van der Waals surface area contributed by atoms with Gasteiger partial charge in [0.1, 0.15) is 39.8 Å². The molecule has 9 heterocycles. The zero-order chi connectivity index (χ0) is 95.3. The monoisotopic (exact) mass is 1840 g/mol. The standard InChI is InChI=1S/C49H32N2O.C42H27N3O.C41H26N4O/c1-4-13-33(14-5-1)34-23-25-35(26-24-34)40-30-43(36-15-6-2-7-16-36)50-44(31-40)38-19-12-20-41(29-38)51-45-22-11-10-21-42(45)48-46(51)28-27-39-32-47(52-49(39)48)37-17-8-3-9-18-37;1-4-12-28(13-5-1)29-20-22-30(23-21-29)35-27-39(44-42(43-35)32-16-8-3-9-17-32)45-36-19-11-10-18-34(36)40-37(45)25-24-33-26-38(46-41(33)40)31-14-6-2-7-15-31;1-4-12-27(13-5-1)28-20-22-31(23-21-28)40-42-39(30-16-8-3-9-17-30)43-41(44-40)45-34-19-11-10-18-33(34)37-35(45)25-24-32-26-36(46-38(32)37)29-14-6-2-7-15-29/h1-32H;1-27H;1-26H. The third-order valence-electron chi connectivity index (χ3n) is 27.1. The van der Waals surface area contributed by atoms with Gasteiger partial charge in [-0.1, -0.05) is 413 Å². The normalized spacial score (nSPS) is 11.5. The third-order valence-corrected chi connectivity index (χ3v) is 27.1. The van der Waals surface area contributed by atoms with E-state index >= 15 is 0 Å². The number of pyridine rings is 1. The highest BCUT2D eigenvalue weighted by Crippen LogP contribution is 2.46. The summed E-state index contributed by atoms with van der Waals surface area (Å²) in [4.78, 5) is 30.7. The van der Waals surface area contributed by atoms with Crippen LogP contribution in [0.3, 0.4) is 0 Å². The van der Waals surface area contributed by atoms with Crippen molar-refractivity contribution < 1.29 is 13.3 Å². The average molecular weight is 1850 g/mol. The minimum absolute atomic E-state index is 0.552. The Morgan fingerprint density at radius 2 is 0.444 bits per heavy atom. The molecule has 0 bridgehead atoms. The van der Waals surface area contributed by atoms with Gasteiger partial charge in [-0.15, -0.1) is 0 Å². The molecule has 12 nitrogen and oxygen atoms in total. The zero-order valence-corrected chi connectivity index (χ0v) is 77.8. The van der Waals surface area contributed by atoms with E-state index in [-0.39, 0.29) is 0 Å². The van der Waals surface area contributed by atoms with Gasteiger partial charge in [0.05, 0.1) is 66.3 Å². The van der Waals surface area contributed by atoms with E-state index in [0.717, 1.165) is 211 Å². The molecule has 0 N–H and O–H groups in total. The van der Waals surface area contributed by atoms with Crippen LogP contribution in [-0.2, 0) is 0 Å². The summed E-state index contributed by atoms with van der Waals surface area (Å²) in [5, 5.41) is 9.79. The van der Waals surface area contributed by atoms with Crippen LogP contribution in [0.1, 0.15) is 0 Å². The summed E-state index contributed by atoms with van der Waals surface area (Å²) < 4.78 is 26.6. The molecule has 0 amide bonds. The first kappa shape index (κ1) is 84.9. The minimum Gasteiger partial charge on any atom is -0.455 e. The molecule has 0 aliphatic carbocycles. The molecule has 0 radical (unpaired) electrons. The van der Waals surface area contributed by atoms with E-state index in [1.807, 2.05) is 121 Å². The summed E-state index contributed by atoms with van der Waals surface area (Å²) in [6, 6.07) is 179. The zero-order valence-electron chi connectivity index (χ0n) is 77.8. The van der Waals surface area contributed by atoms with Gasteiger partial charge in [-0.3, -0.25) is 9.13 Å². The largest absolute Gasteiger partial charge is 0.455 e. The molecule has 676 valence electrons. The van der Waals surface area contributed by atoms with Gasteiger partial charge >= 0.3 is 0 Å². The van der Waals surface area contributed by atoms with Crippen LogP contribution in [0.4, 0.5) is 0 Å². The number of fused-ring (bicyclic) bond motifs is 15. The highest BCUT2D eigenvalue weighted by Gasteiger charge is 2.27. The molecule has 144 heavy (non-hydrogen) atoms. The minimum atomic E-state index is 0.552. The average Bonchev–Trinajstić information content (AvgIpc) is 1.58. The molecule has 0 aliphatic heterocycles. The predicted molar refractivity (Wildman–Crippen MR) is 589 cm³/mol.